The summed E-state index contributed by atoms with van der Waals surface area (Å²) in [6, 6.07) is 20.9. The number of ether oxygens (including phenoxy) is 2. The first kappa shape index (κ1) is 20.6. The van der Waals surface area contributed by atoms with E-state index in [1.807, 2.05) is 0 Å². The first-order valence-electron chi connectivity index (χ1n) is 9.04. The average Bonchev–Trinajstić information content (AvgIpc) is 2.79. The lowest BCUT2D eigenvalue weighted by atomic mass is 10.1. The molecule has 0 saturated carbocycles. The van der Waals surface area contributed by atoms with Crippen LogP contribution in [0, 0.1) is 0 Å². The highest BCUT2D eigenvalue weighted by atomic mass is 16.5. The Hall–Kier alpha value is -4.10. The summed E-state index contributed by atoms with van der Waals surface area (Å²) in [6.07, 6.45) is 2.65. The van der Waals surface area contributed by atoms with Crippen LogP contribution in [0.1, 0.15) is 15.9 Å². The molecule has 3 N–H and O–H groups in total. The van der Waals surface area contributed by atoms with E-state index in [0.29, 0.717) is 34.1 Å². The van der Waals surface area contributed by atoms with Crippen molar-refractivity contribution in [3.63, 3.8) is 0 Å². The molecular formula is C23H20N2O5. The highest BCUT2D eigenvalue weighted by Crippen LogP contribution is 2.28. The fraction of sp³-hybridized carbons (Fsp3) is 0.0435. The summed E-state index contributed by atoms with van der Waals surface area (Å²) < 4.78 is 11.0. The van der Waals surface area contributed by atoms with Gasteiger partial charge < -0.3 is 14.8 Å². The Morgan fingerprint density at radius 2 is 1.57 bits per heavy atom. The van der Waals surface area contributed by atoms with Crippen LogP contribution in [0.4, 0.5) is 5.69 Å². The van der Waals surface area contributed by atoms with Crippen LogP contribution in [0.25, 0.3) is 6.08 Å². The average molecular weight is 404 g/mol. The number of hydrogen-bond acceptors (Lipinski definition) is 5. The van der Waals surface area contributed by atoms with Gasteiger partial charge in [0.15, 0.2) is 0 Å². The van der Waals surface area contributed by atoms with Crippen LogP contribution in [0.2, 0.25) is 0 Å². The lowest BCUT2D eigenvalue weighted by molar-refractivity contribution is -0.124. The van der Waals surface area contributed by atoms with E-state index in [-0.39, 0.29) is 5.91 Å². The fourth-order valence-corrected chi connectivity index (χ4v) is 2.66. The number of amides is 2. The molecule has 2 amide bonds. The second-order valence-electron chi connectivity index (χ2n) is 6.12. The molecule has 30 heavy (non-hydrogen) atoms. The number of para-hydroxylation sites is 2. The van der Waals surface area contributed by atoms with E-state index in [1.165, 1.54) is 11.6 Å². The van der Waals surface area contributed by atoms with Crippen molar-refractivity contribution in [3.05, 3.63) is 90.0 Å². The number of nitrogens with one attached hydrogen (secondary N) is 2. The number of carbonyl (C=O) groups is 2. The van der Waals surface area contributed by atoms with E-state index in [4.69, 9.17) is 14.7 Å². The molecule has 0 aromatic heterocycles. The van der Waals surface area contributed by atoms with E-state index in [2.05, 4.69) is 5.32 Å². The Bertz CT molecular complexity index is 1060. The molecule has 0 spiro atoms. The van der Waals surface area contributed by atoms with Gasteiger partial charge >= 0.3 is 0 Å². The van der Waals surface area contributed by atoms with Crippen LogP contribution < -0.4 is 20.3 Å². The van der Waals surface area contributed by atoms with Crippen LogP contribution in [-0.2, 0) is 4.79 Å². The predicted molar refractivity (Wildman–Crippen MR) is 113 cm³/mol. The van der Waals surface area contributed by atoms with Crippen LogP contribution in [0.3, 0.4) is 0 Å². The Balaban J connectivity index is 1.81. The number of anilines is 1. The number of benzene rings is 3. The maximum absolute atomic E-state index is 12.9. The summed E-state index contributed by atoms with van der Waals surface area (Å²) in [5, 5.41) is 11.4. The maximum Gasteiger partial charge on any atom is 0.267 e. The molecule has 0 heterocycles. The predicted octanol–water partition coefficient (Wildman–Crippen LogP) is 4.26. The second kappa shape index (κ2) is 9.90. The Kier molecular flexibility index (Phi) is 6.81. The Morgan fingerprint density at radius 3 is 2.30 bits per heavy atom. The van der Waals surface area contributed by atoms with Crippen molar-refractivity contribution < 1.29 is 24.3 Å². The van der Waals surface area contributed by atoms with Crippen molar-refractivity contribution in [3.8, 4) is 17.2 Å². The third-order valence-corrected chi connectivity index (χ3v) is 4.15. The summed E-state index contributed by atoms with van der Waals surface area (Å²) in [5.74, 6) is 0.621. The third kappa shape index (κ3) is 5.24. The zero-order chi connectivity index (χ0) is 21.3. The van der Waals surface area contributed by atoms with E-state index in [9.17, 15) is 9.59 Å². The molecule has 0 fully saturated rings. The molecule has 7 heteroatoms. The molecule has 0 unspecified atom stereocenters. The number of rotatable bonds is 7. The lowest BCUT2D eigenvalue weighted by Crippen LogP contribution is -2.15. The van der Waals surface area contributed by atoms with Gasteiger partial charge in [0.2, 0.25) is 0 Å². The molecular weight excluding hydrogens is 384 g/mol. The van der Waals surface area contributed by atoms with Gasteiger partial charge in [-0.1, -0.05) is 30.3 Å². The third-order valence-electron chi connectivity index (χ3n) is 4.15. The second-order valence-corrected chi connectivity index (χ2v) is 6.12. The standard InChI is InChI=1S/C23H20N2O5/c1-29-17-11-13-18(14-12-17)30-21-9-5-3-7-19(21)23(27)24-20-8-4-2-6-16(20)10-15-22(26)25-28/h2-15,28H,1H3,(H,24,27)(H,25,26)/b15-10+. The SMILES string of the molecule is COc1ccc(Oc2ccccc2C(=O)Nc2ccccc2/C=C/C(=O)NO)cc1. The van der Waals surface area contributed by atoms with Gasteiger partial charge in [-0.05, 0) is 54.1 Å². The van der Waals surface area contributed by atoms with E-state index < -0.39 is 5.91 Å². The highest BCUT2D eigenvalue weighted by Gasteiger charge is 2.14. The smallest absolute Gasteiger partial charge is 0.267 e. The van der Waals surface area contributed by atoms with E-state index >= 15 is 0 Å². The minimum atomic E-state index is -0.672. The van der Waals surface area contributed by atoms with Crippen molar-refractivity contribution >= 4 is 23.6 Å². The van der Waals surface area contributed by atoms with Crippen LogP contribution >= 0.6 is 0 Å². The fourth-order valence-electron chi connectivity index (χ4n) is 2.66. The minimum absolute atomic E-state index is 0.347. The maximum atomic E-state index is 12.9. The largest absolute Gasteiger partial charge is 0.497 e. The molecule has 0 aliphatic carbocycles. The van der Waals surface area contributed by atoms with Crippen LogP contribution in [-0.4, -0.2) is 24.1 Å². The van der Waals surface area contributed by atoms with Gasteiger partial charge in [0.05, 0.1) is 12.7 Å². The molecule has 3 rings (SSSR count). The Morgan fingerprint density at radius 1 is 0.900 bits per heavy atom. The van der Waals surface area contributed by atoms with Gasteiger partial charge in [-0.3, -0.25) is 14.8 Å². The van der Waals surface area contributed by atoms with Crippen molar-refractivity contribution in [2.75, 3.05) is 12.4 Å². The van der Waals surface area contributed by atoms with Gasteiger partial charge in [0.1, 0.15) is 17.2 Å². The summed E-state index contributed by atoms with van der Waals surface area (Å²) in [6.45, 7) is 0. The van der Waals surface area contributed by atoms with E-state index in [0.717, 1.165) is 6.08 Å². The van der Waals surface area contributed by atoms with Crippen molar-refractivity contribution in [1.29, 1.82) is 0 Å². The topological polar surface area (TPSA) is 96.9 Å². The summed E-state index contributed by atoms with van der Waals surface area (Å²) in [5.41, 5.74) is 2.97. The molecule has 0 saturated heterocycles. The molecule has 3 aromatic rings. The molecule has 7 nitrogen and oxygen atoms in total. The first-order chi connectivity index (χ1) is 14.6. The Labute approximate surface area is 173 Å². The zero-order valence-electron chi connectivity index (χ0n) is 16.2. The molecule has 0 atom stereocenters. The summed E-state index contributed by atoms with van der Waals surface area (Å²) in [4.78, 5) is 24.2. The number of carbonyl (C=O) groups excluding carboxylic acids is 2. The minimum Gasteiger partial charge on any atom is -0.497 e. The van der Waals surface area contributed by atoms with Gasteiger partial charge in [0, 0.05) is 11.8 Å². The van der Waals surface area contributed by atoms with Crippen LogP contribution in [0.5, 0.6) is 17.2 Å². The van der Waals surface area contributed by atoms with Crippen molar-refractivity contribution in [2.45, 2.75) is 0 Å². The summed E-state index contributed by atoms with van der Waals surface area (Å²) >= 11 is 0. The van der Waals surface area contributed by atoms with Gasteiger partial charge in [-0.25, -0.2) is 5.48 Å². The normalized spacial score (nSPS) is 10.5. The first-order valence-corrected chi connectivity index (χ1v) is 9.04. The number of hydrogen-bond donors (Lipinski definition) is 3. The molecule has 152 valence electrons. The monoisotopic (exact) mass is 404 g/mol. The van der Waals surface area contributed by atoms with E-state index in [1.54, 1.807) is 79.9 Å². The summed E-state index contributed by atoms with van der Waals surface area (Å²) in [7, 11) is 1.58. The number of methoxy groups -OCH3 is 1. The molecule has 0 aliphatic rings. The molecule has 3 aromatic carbocycles. The van der Waals surface area contributed by atoms with Crippen molar-refractivity contribution in [1.82, 2.24) is 5.48 Å². The lowest BCUT2D eigenvalue weighted by Gasteiger charge is -2.13. The van der Waals surface area contributed by atoms with Gasteiger partial charge in [-0.15, -0.1) is 0 Å². The zero-order valence-corrected chi connectivity index (χ0v) is 16.2. The molecule has 0 radical (unpaired) electrons. The molecule has 0 bridgehead atoms. The van der Waals surface area contributed by atoms with Gasteiger partial charge in [-0.2, -0.15) is 0 Å². The molecule has 0 aliphatic heterocycles. The van der Waals surface area contributed by atoms with Crippen LogP contribution in [0.15, 0.2) is 78.9 Å². The quantitative estimate of drug-likeness (QED) is 0.311. The van der Waals surface area contributed by atoms with Crippen molar-refractivity contribution in [2.24, 2.45) is 0 Å². The van der Waals surface area contributed by atoms with Gasteiger partial charge in [0.25, 0.3) is 11.8 Å². The highest BCUT2D eigenvalue weighted by molar-refractivity contribution is 6.07. The number of hydroxylamine groups is 1.